The summed E-state index contributed by atoms with van der Waals surface area (Å²) in [4.78, 5) is 0. The van der Waals surface area contributed by atoms with Gasteiger partial charge in [0.15, 0.2) is 6.29 Å². The van der Waals surface area contributed by atoms with Crippen molar-refractivity contribution in [1.82, 2.24) is 0 Å². The highest BCUT2D eigenvalue weighted by atomic mass is 35.5. The van der Waals surface area contributed by atoms with Crippen LogP contribution in [0, 0.1) is 0 Å². The molecular weight excluding hydrogens is 235 g/mol. The zero-order chi connectivity index (χ0) is 11.0. The molecule has 15 heavy (non-hydrogen) atoms. The first-order valence-corrected chi connectivity index (χ1v) is 5.59. The average molecular weight is 247 g/mol. The third kappa shape index (κ3) is 2.28. The average Bonchev–Trinajstić information content (AvgIpc) is 2.52. The molecule has 1 aliphatic rings. The number of halogens is 2. The van der Waals surface area contributed by atoms with Gasteiger partial charge in [-0.2, -0.15) is 0 Å². The van der Waals surface area contributed by atoms with E-state index in [4.69, 9.17) is 32.7 Å². The molecule has 0 bridgehead atoms. The van der Waals surface area contributed by atoms with Gasteiger partial charge in [0.1, 0.15) is 0 Å². The van der Waals surface area contributed by atoms with E-state index in [0.717, 1.165) is 5.56 Å². The van der Waals surface area contributed by atoms with Gasteiger partial charge in [0.05, 0.1) is 22.3 Å². The molecule has 0 spiro atoms. The minimum Gasteiger partial charge on any atom is -0.343 e. The minimum absolute atomic E-state index is 0.101. The van der Waals surface area contributed by atoms with Crippen LogP contribution in [0.5, 0.6) is 0 Å². The molecule has 2 atom stereocenters. The molecule has 4 heteroatoms. The van der Waals surface area contributed by atoms with E-state index in [1.165, 1.54) is 0 Å². The zero-order valence-corrected chi connectivity index (χ0v) is 10.0. The lowest BCUT2D eigenvalue weighted by Gasteiger charge is -2.10. The summed E-state index contributed by atoms with van der Waals surface area (Å²) in [6.07, 6.45) is -0.126. The standard InChI is InChI=1S/C11H12Cl2O2/c1-6-7(2)15-11(14-6)8-3-4-9(12)10(13)5-8/h3-7,11H,1-2H3. The predicted molar refractivity (Wildman–Crippen MR) is 60.3 cm³/mol. The Kier molecular flexibility index (Phi) is 3.21. The maximum Gasteiger partial charge on any atom is 0.184 e. The van der Waals surface area contributed by atoms with Gasteiger partial charge in [-0.3, -0.25) is 0 Å². The van der Waals surface area contributed by atoms with Crippen LogP contribution in [0.15, 0.2) is 18.2 Å². The van der Waals surface area contributed by atoms with Crippen molar-refractivity contribution < 1.29 is 9.47 Å². The fourth-order valence-corrected chi connectivity index (χ4v) is 1.77. The van der Waals surface area contributed by atoms with E-state index in [2.05, 4.69) is 0 Å². The quantitative estimate of drug-likeness (QED) is 0.751. The molecule has 0 N–H and O–H groups in total. The maximum absolute atomic E-state index is 5.92. The van der Waals surface area contributed by atoms with E-state index in [1.54, 1.807) is 12.1 Å². The molecular formula is C11H12Cl2O2. The Morgan fingerprint density at radius 1 is 1.00 bits per heavy atom. The van der Waals surface area contributed by atoms with Gasteiger partial charge in [0.25, 0.3) is 0 Å². The summed E-state index contributed by atoms with van der Waals surface area (Å²) in [5, 5.41) is 1.06. The number of hydrogen-bond acceptors (Lipinski definition) is 2. The summed E-state index contributed by atoms with van der Waals surface area (Å²) in [7, 11) is 0. The van der Waals surface area contributed by atoms with Crippen LogP contribution >= 0.6 is 23.2 Å². The first kappa shape index (κ1) is 11.2. The van der Waals surface area contributed by atoms with Crippen molar-refractivity contribution in [1.29, 1.82) is 0 Å². The molecule has 0 saturated carbocycles. The van der Waals surface area contributed by atoms with Gasteiger partial charge < -0.3 is 9.47 Å². The van der Waals surface area contributed by atoms with Gasteiger partial charge in [0, 0.05) is 5.56 Å². The van der Waals surface area contributed by atoms with Crippen molar-refractivity contribution in [3.8, 4) is 0 Å². The van der Waals surface area contributed by atoms with Crippen LogP contribution in [0.4, 0.5) is 0 Å². The molecule has 1 aromatic rings. The van der Waals surface area contributed by atoms with Gasteiger partial charge in [0.2, 0.25) is 0 Å². The van der Waals surface area contributed by atoms with Crippen molar-refractivity contribution in [3.05, 3.63) is 33.8 Å². The monoisotopic (exact) mass is 246 g/mol. The van der Waals surface area contributed by atoms with Gasteiger partial charge >= 0.3 is 0 Å². The summed E-state index contributed by atoms with van der Waals surface area (Å²) >= 11 is 11.8. The summed E-state index contributed by atoms with van der Waals surface area (Å²) in [5.74, 6) is 0. The summed E-state index contributed by atoms with van der Waals surface area (Å²) < 4.78 is 11.3. The van der Waals surface area contributed by atoms with E-state index in [0.29, 0.717) is 10.0 Å². The first-order chi connectivity index (χ1) is 7.08. The van der Waals surface area contributed by atoms with E-state index >= 15 is 0 Å². The Bertz CT molecular complexity index is 358. The lowest BCUT2D eigenvalue weighted by atomic mass is 10.2. The van der Waals surface area contributed by atoms with Crippen LogP contribution in [0.25, 0.3) is 0 Å². The second-order valence-corrected chi connectivity index (χ2v) is 4.50. The van der Waals surface area contributed by atoms with Crippen LogP contribution < -0.4 is 0 Å². The Hall–Kier alpha value is -0.280. The normalized spacial score (nSPS) is 30.8. The van der Waals surface area contributed by atoms with Crippen molar-refractivity contribution in [2.45, 2.75) is 32.3 Å². The van der Waals surface area contributed by atoms with E-state index < -0.39 is 0 Å². The Morgan fingerprint density at radius 3 is 2.13 bits per heavy atom. The van der Waals surface area contributed by atoms with Crippen molar-refractivity contribution in [2.75, 3.05) is 0 Å². The second kappa shape index (κ2) is 4.30. The highest BCUT2D eigenvalue weighted by Gasteiger charge is 2.30. The van der Waals surface area contributed by atoms with E-state index in [1.807, 2.05) is 19.9 Å². The third-order valence-electron chi connectivity index (χ3n) is 2.55. The lowest BCUT2D eigenvalue weighted by molar-refractivity contribution is -0.0652. The molecule has 1 heterocycles. The Balaban J connectivity index is 2.20. The smallest absolute Gasteiger partial charge is 0.184 e. The second-order valence-electron chi connectivity index (χ2n) is 3.69. The molecule has 2 rings (SSSR count). The molecule has 1 fully saturated rings. The molecule has 1 aliphatic heterocycles. The van der Waals surface area contributed by atoms with Gasteiger partial charge in [-0.15, -0.1) is 0 Å². The van der Waals surface area contributed by atoms with E-state index in [-0.39, 0.29) is 18.5 Å². The summed E-state index contributed by atoms with van der Waals surface area (Å²) in [6.45, 7) is 3.98. The number of benzene rings is 1. The maximum atomic E-state index is 5.92. The van der Waals surface area contributed by atoms with Crippen LogP contribution in [0.1, 0.15) is 25.7 Å². The fourth-order valence-electron chi connectivity index (χ4n) is 1.46. The summed E-state index contributed by atoms with van der Waals surface area (Å²) in [5.41, 5.74) is 0.903. The third-order valence-corrected chi connectivity index (χ3v) is 3.29. The highest BCUT2D eigenvalue weighted by molar-refractivity contribution is 6.42. The van der Waals surface area contributed by atoms with Crippen molar-refractivity contribution >= 4 is 23.2 Å². The number of ether oxygens (including phenoxy) is 2. The molecule has 1 saturated heterocycles. The van der Waals surface area contributed by atoms with Crippen molar-refractivity contribution in [2.24, 2.45) is 0 Å². The van der Waals surface area contributed by atoms with Gasteiger partial charge in [-0.1, -0.05) is 29.3 Å². The number of rotatable bonds is 1. The molecule has 1 aromatic carbocycles. The van der Waals surface area contributed by atoms with Crippen LogP contribution in [-0.4, -0.2) is 12.2 Å². The zero-order valence-electron chi connectivity index (χ0n) is 8.54. The molecule has 2 unspecified atom stereocenters. The SMILES string of the molecule is CC1OC(c2ccc(Cl)c(Cl)c2)OC1C. The molecule has 0 amide bonds. The Labute approximate surface area is 99.1 Å². The molecule has 0 aromatic heterocycles. The number of hydrogen-bond donors (Lipinski definition) is 0. The van der Waals surface area contributed by atoms with E-state index in [9.17, 15) is 0 Å². The Morgan fingerprint density at radius 2 is 1.60 bits per heavy atom. The predicted octanol–water partition coefficient (Wildman–Crippen LogP) is 3.82. The highest BCUT2D eigenvalue weighted by Crippen LogP contribution is 2.33. The van der Waals surface area contributed by atoms with Crippen molar-refractivity contribution in [3.63, 3.8) is 0 Å². The van der Waals surface area contributed by atoms with Crippen LogP contribution in [0.2, 0.25) is 10.0 Å². The lowest BCUT2D eigenvalue weighted by Crippen LogP contribution is -2.13. The molecule has 82 valence electrons. The van der Waals surface area contributed by atoms with Crippen LogP contribution in [0.3, 0.4) is 0 Å². The first-order valence-electron chi connectivity index (χ1n) is 4.84. The fraction of sp³-hybridized carbons (Fsp3) is 0.455. The topological polar surface area (TPSA) is 18.5 Å². The molecule has 0 radical (unpaired) electrons. The molecule has 0 aliphatic carbocycles. The largest absolute Gasteiger partial charge is 0.343 e. The van der Waals surface area contributed by atoms with Gasteiger partial charge in [-0.05, 0) is 26.0 Å². The van der Waals surface area contributed by atoms with Gasteiger partial charge in [-0.25, -0.2) is 0 Å². The minimum atomic E-state index is -0.329. The summed E-state index contributed by atoms with van der Waals surface area (Å²) in [6, 6.07) is 5.39. The van der Waals surface area contributed by atoms with Crippen LogP contribution in [-0.2, 0) is 9.47 Å². The molecule has 2 nitrogen and oxygen atoms in total.